The topological polar surface area (TPSA) is 9.23 Å². The minimum atomic E-state index is -1.25. The van der Waals surface area contributed by atoms with Crippen molar-refractivity contribution >= 4 is 8.07 Å². The Bertz CT molecular complexity index is 879. The highest BCUT2D eigenvalue weighted by Gasteiger charge is 2.35. The molecule has 0 radical (unpaired) electrons. The summed E-state index contributed by atoms with van der Waals surface area (Å²) in [6, 6.07) is 17.1. The maximum Gasteiger partial charge on any atom is 0.130 e. The lowest BCUT2D eigenvalue weighted by Crippen LogP contribution is -2.25. The molecule has 0 saturated heterocycles. The van der Waals surface area contributed by atoms with Gasteiger partial charge < -0.3 is 4.74 Å². The monoisotopic (exact) mass is 390 g/mol. The van der Waals surface area contributed by atoms with Crippen LogP contribution in [-0.4, -0.2) is 15.2 Å². The third-order valence-corrected chi connectivity index (χ3v) is 8.07. The van der Waals surface area contributed by atoms with Crippen LogP contribution in [0.1, 0.15) is 32.3 Å². The van der Waals surface area contributed by atoms with E-state index in [9.17, 15) is 0 Å². The molecule has 1 aliphatic carbocycles. The van der Waals surface area contributed by atoms with Gasteiger partial charge >= 0.3 is 0 Å². The summed E-state index contributed by atoms with van der Waals surface area (Å²) in [5, 5.41) is 0. The van der Waals surface area contributed by atoms with Gasteiger partial charge in [0, 0.05) is 17.0 Å². The first kappa shape index (κ1) is 20.7. The second kappa shape index (κ2) is 7.75. The molecule has 1 aliphatic rings. The molecule has 28 heavy (non-hydrogen) atoms. The Balaban J connectivity index is 2.15. The first-order valence-electron chi connectivity index (χ1n) is 10.2. The minimum absolute atomic E-state index is 0.0904. The molecule has 2 heteroatoms. The van der Waals surface area contributed by atoms with Crippen LogP contribution in [-0.2, 0) is 0 Å². The lowest BCUT2D eigenvalue weighted by atomic mass is 9.71. The summed E-state index contributed by atoms with van der Waals surface area (Å²) in [5.41, 5.74) is 5.78. The zero-order valence-corrected chi connectivity index (χ0v) is 19.4. The van der Waals surface area contributed by atoms with Gasteiger partial charge in [0.1, 0.15) is 5.75 Å². The number of benzene rings is 2. The van der Waals surface area contributed by atoms with Gasteiger partial charge in [-0.2, -0.15) is 0 Å². The van der Waals surface area contributed by atoms with Crippen LogP contribution < -0.4 is 4.74 Å². The number of methoxy groups -OCH3 is 1. The molecule has 0 heterocycles. The average Bonchev–Trinajstić information content (AvgIpc) is 3.11. The quantitative estimate of drug-likeness (QED) is 0.475. The molecule has 0 fully saturated rings. The molecule has 0 saturated carbocycles. The number of hydrogen-bond donors (Lipinski definition) is 0. The summed E-state index contributed by atoms with van der Waals surface area (Å²) < 4.78 is 6.02. The third kappa shape index (κ3) is 4.17. The number of rotatable bonds is 5. The highest BCUT2D eigenvalue weighted by Crippen LogP contribution is 2.49. The number of hydrogen-bond acceptors (Lipinski definition) is 1. The lowest BCUT2D eigenvalue weighted by Gasteiger charge is -2.34. The van der Waals surface area contributed by atoms with Crippen LogP contribution in [0, 0.1) is 5.41 Å². The molecule has 148 valence electrons. The molecule has 1 nitrogen and oxygen atoms in total. The summed E-state index contributed by atoms with van der Waals surface area (Å²) in [4.78, 5) is 0. The van der Waals surface area contributed by atoms with Gasteiger partial charge in [-0.15, -0.1) is 0 Å². The molecule has 0 bridgehead atoms. The predicted molar refractivity (Wildman–Crippen MR) is 125 cm³/mol. The molecule has 0 spiro atoms. The van der Waals surface area contributed by atoms with Gasteiger partial charge in [-0.3, -0.25) is 0 Å². The first-order valence-corrected chi connectivity index (χ1v) is 13.8. The summed E-state index contributed by atoms with van der Waals surface area (Å²) >= 11 is 0. The fraction of sp³-hybridized carbons (Fsp3) is 0.385. The summed E-state index contributed by atoms with van der Waals surface area (Å²) in [5.74, 6) is 1.29. The Morgan fingerprint density at radius 2 is 1.61 bits per heavy atom. The Morgan fingerprint density at radius 1 is 0.929 bits per heavy atom. The van der Waals surface area contributed by atoms with Crippen LogP contribution in [0.25, 0.3) is 11.1 Å². The maximum absolute atomic E-state index is 6.02. The van der Waals surface area contributed by atoms with Crippen LogP contribution in [0.3, 0.4) is 0 Å². The number of allylic oxidation sites excluding steroid dienone is 4. The van der Waals surface area contributed by atoms with E-state index >= 15 is 0 Å². The largest absolute Gasteiger partial charge is 0.496 e. The Hall–Kier alpha value is -2.06. The standard InChI is InChI=1S/C26H34OSi/c1-26(2,3)24(20-16-17-21(18-20)28(5,6)7)23-15-11-14-22(25(23)27-4)19-12-9-8-10-13-19/h8-18,21,24H,1-7H3. The molecular formula is C26H34OSi. The molecule has 0 aromatic heterocycles. The van der Waals surface area contributed by atoms with Gasteiger partial charge in [0.15, 0.2) is 0 Å². The zero-order valence-electron chi connectivity index (χ0n) is 18.4. The molecular weight excluding hydrogens is 356 g/mol. The maximum atomic E-state index is 6.02. The highest BCUT2D eigenvalue weighted by molar-refractivity contribution is 6.78. The molecule has 0 amide bonds. The minimum Gasteiger partial charge on any atom is -0.496 e. The van der Waals surface area contributed by atoms with Crippen molar-refractivity contribution in [3.63, 3.8) is 0 Å². The van der Waals surface area contributed by atoms with Crippen LogP contribution in [0.5, 0.6) is 5.75 Å². The van der Waals surface area contributed by atoms with Gasteiger partial charge in [-0.25, -0.2) is 0 Å². The SMILES string of the molecule is COc1c(-c2ccccc2)cccc1C(C1=CC([Si](C)(C)C)C=C1)C(C)(C)C. The molecule has 2 unspecified atom stereocenters. The fourth-order valence-electron chi connectivity index (χ4n) is 4.27. The number of ether oxygens (including phenoxy) is 1. The average molecular weight is 391 g/mol. The summed E-state index contributed by atoms with van der Waals surface area (Å²) in [6.45, 7) is 14.4. The van der Waals surface area contributed by atoms with Crippen molar-refractivity contribution in [3.05, 3.63) is 77.9 Å². The van der Waals surface area contributed by atoms with Crippen LogP contribution in [0.15, 0.2) is 72.3 Å². The summed E-state index contributed by atoms with van der Waals surface area (Å²) in [7, 11) is 0.549. The lowest BCUT2D eigenvalue weighted by molar-refractivity contribution is 0.341. The molecule has 0 aliphatic heterocycles. The predicted octanol–water partition coefficient (Wildman–Crippen LogP) is 7.70. The van der Waals surface area contributed by atoms with E-state index in [1.807, 2.05) is 0 Å². The normalized spacial score (nSPS) is 18.1. The number of para-hydroxylation sites is 1. The Labute approximate surface area is 172 Å². The third-order valence-electron chi connectivity index (χ3n) is 5.71. The van der Waals surface area contributed by atoms with E-state index < -0.39 is 8.07 Å². The van der Waals surface area contributed by atoms with Crippen molar-refractivity contribution in [2.75, 3.05) is 7.11 Å². The molecule has 2 aromatic carbocycles. The van der Waals surface area contributed by atoms with Crippen molar-refractivity contribution < 1.29 is 4.74 Å². The van der Waals surface area contributed by atoms with Gasteiger partial charge in [0.2, 0.25) is 0 Å². The van der Waals surface area contributed by atoms with Crippen molar-refractivity contribution in [1.82, 2.24) is 0 Å². The Morgan fingerprint density at radius 3 is 2.14 bits per heavy atom. The van der Waals surface area contributed by atoms with E-state index in [4.69, 9.17) is 4.74 Å². The van der Waals surface area contributed by atoms with E-state index in [0.717, 1.165) is 5.75 Å². The fourth-order valence-corrected chi connectivity index (χ4v) is 5.63. The van der Waals surface area contributed by atoms with Crippen LogP contribution >= 0.6 is 0 Å². The second-order valence-corrected chi connectivity index (χ2v) is 15.4. The first-order chi connectivity index (χ1) is 13.1. The van der Waals surface area contributed by atoms with E-state index in [1.54, 1.807) is 7.11 Å². The zero-order chi connectivity index (χ0) is 20.5. The van der Waals surface area contributed by atoms with E-state index in [0.29, 0.717) is 11.5 Å². The molecule has 2 aromatic rings. The summed E-state index contributed by atoms with van der Waals surface area (Å²) in [6.07, 6.45) is 7.32. The van der Waals surface area contributed by atoms with Crippen molar-refractivity contribution in [1.29, 1.82) is 0 Å². The molecule has 0 N–H and O–H groups in total. The van der Waals surface area contributed by atoms with Crippen molar-refractivity contribution in [3.8, 4) is 16.9 Å². The Kier molecular flexibility index (Phi) is 5.72. The van der Waals surface area contributed by atoms with Crippen LogP contribution in [0.4, 0.5) is 0 Å². The van der Waals surface area contributed by atoms with Gasteiger partial charge in [-0.1, -0.05) is 107 Å². The highest BCUT2D eigenvalue weighted by atomic mass is 28.3. The smallest absolute Gasteiger partial charge is 0.130 e. The van der Waals surface area contributed by atoms with E-state index in [-0.39, 0.29) is 5.41 Å². The second-order valence-electron chi connectivity index (χ2n) is 10.0. The van der Waals surface area contributed by atoms with Gasteiger partial charge in [-0.05, 0) is 22.1 Å². The van der Waals surface area contributed by atoms with Crippen molar-refractivity contribution in [2.24, 2.45) is 5.41 Å². The molecule has 2 atom stereocenters. The molecule has 3 rings (SSSR count). The van der Waals surface area contributed by atoms with Gasteiger partial charge in [0.05, 0.1) is 15.2 Å². The van der Waals surface area contributed by atoms with E-state index in [2.05, 4.69) is 107 Å². The van der Waals surface area contributed by atoms with E-state index in [1.165, 1.54) is 22.3 Å². The van der Waals surface area contributed by atoms with Crippen LogP contribution in [0.2, 0.25) is 25.2 Å². The van der Waals surface area contributed by atoms with Crippen molar-refractivity contribution in [2.45, 2.75) is 51.9 Å². The van der Waals surface area contributed by atoms with Gasteiger partial charge in [0.25, 0.3) is 0 Å².